The lowest BCUT2D eigenvalue weighted by Crippen LogP contribution is -2.14. The Labute approximate surface area is 136 Å². The molecule has 2 aromatic rings. The van der Waals surface area contributed by atoms with E-state index >= 15 is 0 Å². The Morgan fingerprint density at radius 1 is 1.29 bits per heavy atom. The molecular formula is C15H15BrN2O2S. The van der Waals surface area contributed by atoms with Crippen LogP contribution in [0.5, 0.6) is 5.75 Å². The number of nitrogen functional groups attached to an aromatic ring is 1. The van der Waals surface area contributed by atoms with Crippen LogP contribution in [-0.4, -0.2) is 18.8 Å². The van der Waals surface area contributed by atoms with Crippen LogP contribution in [-0.2, 0) is 4.79 Å². The van der Waals surface area contributed by atoms with Gasteiger partial charge >= 0.3 is 0 Å². The van der Waals surface area contributed by atoms with Gasteiger partial charge in [-0.25, -0.2) is 0 Å². The van der Waals surface area contributed by atoms with Gasteiger partial charge in [0.15, 0.2) is 0 Å². The minimum absolute atomic E-state index is 0.105. The second-order valence-electron chi connectivity index (χ2n) is 4.25. The highest BCUT2D eigenvalue weighted by atomic mass is 79.9. The van der Waals surface area contributed by atoms with Crippen molar-refractivity contribution in [1.82, 2.24) is 0 Å². The van der Waals surface area contributed by atoms with Crippen LogP contribution >= 0.6 is 27.7 Å². The zero-order chi connectivity index (χ0) is 15.2. The number of halogens is 1. The predicted molar refractivity (Wildman–Crippen MR) is 90.9 cm³/mol. The Bertz CT molecular complexity index is 632. The van der Waals surface area contributed by atoms with Crippen molar-refractivity contribution < 1.29 is 9.53 Å². The van der Waals surface area contributed by atoms with Crippen LogP contribution in [0.4, 0.5) is 11.4 Å². The molecule has 110 valence electrons. The van der Waals surface area contributed by atoms with Gasteiger partial charge < -0.3 is 15.8 Å². The van der Waals surface area contributed by atoms with E-state index in [0.717, 1.165) is 9.37 Å². The van der Waals surface area contributed by atoms with Crippen molar-refractivity contribution >= 4 is 45.0 Å². The quantitative estimate of drug-likeness (QED) is 0.624. The molecule has 2 rings (SSSR count). The summed E-state index contributed by atoms with van der Waals surface area (Å²) < 4.78 is 6.21. The van der Waals surface area contributed by atoms with E-state index in [9.17, 15) is 4.79 Å². The van der Waals surface area contributed by atoms with E-state index in [0.29, 0.717) is 22.9 Å². The molecule has 0 atom stereocenters. The molecule has 0 unspecified atom stereocenters. The minimum atomic E-state index is -0.105. The third-order valence-corrected chi connectivity index (χ3v) is 4.22. The Kier molecular flexibility index (Phi) is 5.52. The first-order valence-corrected chi connectivity index (χ1v) is 7.98. The molecular weight excluding hydrogens is 352 g/mol. The normalized spacial score (nSPS) is 10.2. The largest absolute Gasteiger partial charge is 0.495 e. The molecule has 6 heteroatoms. The van der Waals surface area contributed by atoms with Gasteiger partial charge in [-0.2, -0.15) is 0 Å². The van der Waals surface area contributed by atoms with Crippen molar-refractivity contribution in [3.05, 3.63) is 46.9 Å². The highest BCUT2D eigenvalue weighted by Gasteiger charge is 2.08. The maximum Gasteiger partial charge on any atom is 0.234 e. The SMILES string of the molecule is COc1ccc(N)cc1NC(=O)CSc1ccc(Br)cc1. The number of thioether (sulfide) groups is 1. The van der Waals surface area contributed by atoms with Crippen LogP contribution in [0.2, 0.25) is 0 Å². The van der Waals surface area contributed by atoms with Gasteiger partial charge in [0.1, 0.15) is 5.75 Å². The van der Waals surface area contributed by atoms with Crippen molar-refractivity contribution in [2.45, 2.75) is 4.90 Å². The topological polar surface area (TPSA) is 64.3 Å². The first-order chi connectivity index (χ1) is 10.1. The predicted octanol–water partition coefficient (Wildman–Crippen LogP) is 3.77. The Balaban J connectivity index is 1.95. The number of nitrogens with one attached hydrogen (secondary N) is 1. The molecule has 0 radical (unpaired) electrons. The van der Waals surface area contributed by atoms with Crippen LogP contribution in [0.1, 0.15) is 0 Å². The second-order valence-corrected chi connectivity index (χ2v) is 6.21. The number of amides is 1. The fourth-order valence-corrected chi connectivity index (χ4v) is 2.65. The number of benzene rings is 2. The van der Waals surface area contributed by atoms with Gasteiger partial charge in [0.2, 0.25) is 5.91 Å². The number of carbonyl (C=O) groups is 1. The van der Waals surface area contributed by atoms with Gasteiger partial charge in [-0.15, -0.1) is 11.8 Å². The third-order valence-electron chi connectivity index (χ3n) is 2.68. The second kappa shape index (κ2) is 7.38. The van der Waals surface area contributed by atoms with Gasteiger partial charge in [-0.3, -0.25) is 4.79 Å². The number of methoxy groups -OCH3 is 1. The third kappa shape index (κ3) is 4.68. The molecule has 1 amide bonds. The summed E-state index contributed by atoms with van der Waals surface area (Å²) in [6, 6.07) is 13.0. The number of rotatable bonds is 5. The summed E-state index contributed by atoms with van der Waals surface area (Å²) in [5, 5.41) is 2.81. The fraction of sp³-hybridized carbons (Fsp3) is 0.133. The van der Waals surface area contributed by atoms with Crippen molar-refractivity contribution in [2.75, 3.05) is 23.9 Å². The van der Waals surface area contributed by atoms with E-state index in [1.807, 2.05) is 24.3 Å². The molecule has 0 saturated carbocycles. The minimum Gasteiger partial charge on any atom is -0.495 e. The number of carbonyl (C=O) groups excluding carboxylic acids is 1. The maximum atomic E-state index is 12.0. The van der Waals surface area contributed by atoms with E-state index in [1.54, 1.807) is 25.3 Å². The van der Waals surface area contributed by atoms with E-state index in [2.05, 4.69) is 21.2 Å². The molecule has 0 aromatic heterocycles. The van der Waals surface area contributed by atoms with Crippen LogP contribution in [0.25, 0.3) is 0 Å². The number of ether oxygens (including phenoxy) is 1. The molecule has 2 aromatic carbocycles. The number of hydrogen-bond donors (Lipinski definition) is 2. The Morgan fingerprint density at radius 2 is 2.00 bits per heavy atom. The van der Waals surface area contributed by atoms with Crippen molar-refractivity contribution in [1.29, 1.82) is 0 Å². The summed E-state index contributed by atoms with van der Waals surface area (Å²) in [7, 11) is 1.55. The average Bonchev–Trinajstić information content (AvgIpc) is 2.47. The molecule has 0 spiro atoms. The van der Waals surface area contributed by atoms with E-state index in [1.165, 1.54) is 11.8 Å². The van der Waals surface area contributed by atoms with E-state index in [4.69, 9.17) is 10.5 Å². The van der Waals surface area contributed by atoms with Gasteiger partial charge in [-0.1, -0.05) is 15.9 Å². The van der Waals surface area contributed by atoms with Crippen molar-refractivity contribution in [3.8, 4) is 5.75 Å². The summed E-state index contributed by atoms with van der Waals surface area (Å²) in [4.78, 5) is 13.0. The maximum absolute atomic E-state index is 12.0. The lowest BCUT2D eigenvalue weighted by molar-refractivity contribution is -0.113. The molecule has 4 nitrogen and oxygen atoms in total. The number of anilines is 2. The Hall–Kier alpha value is -1.66. The summed E-state index contributed by atoms with van der Waals surface area (Å²) in [6.07, 6.45) is 0. The van der Waals surface area contributed by atoms with Crippen molar-refractivity contribution in [3.63, 3.8) is 0 Å². The first kappa shape index (κ1) is 15.7. The fourth-order valence-electron chi connectivity index (χ4n) is 1.69. The van der Waals surface area contributed by atoms with Gasteiger partial charge in [0.25, 0.3) is 0 Å². The smallest absolute Gasteiger partial charge is 0.234 e. The zero-order valence-corrected chi connectivity index (χ0v) is 13.8. The molecule has 0 heterocycles. The van der Waals surface area contributed by atoms with Crippen LogP contribution in [0.15, 0.2) is 51.8 Å². The molecule has 0 aliphatic rings. The highest BCUT2D eigenvalue weighted by molar-refractivity contribution is 9.10. The lowest BCUT2D eigenvalue weighted by atomic mass is 10.2. The standard InChI is InChI=1S/C15H15BrN2O2S/c1-20-14-7-4-11(17)8-13(14)18-15(19)9-21-12-5-2-10(16)3-6-12/h2-8H,9,17H2,1H3,(H,18,19). The summed E-state index contributed by atoms with van der Waals surface area (Å²) in [6.45, 7) is 0. The van der Waals surface area contributed by atoms with Gasteiger partial charge in [0, 0.05) is 15.1 Å². The van der Waals surface area contributed by atoms with Crippen LogP contribution in [0, 0.1) is 0 Å². The lowest BCUT2D eigenvalue weighted by Gasteiger charge is -2.10. The van der Waals surface area contributed by atoms with E-state index < -0.39 is 0 Å². The first-order valence-electron chi connectivity index (χ1n) is 6.20. The number of nitrogens with two attached hydrogens (primary N) is 1. The average molecular weight is 367 g/mol. The summed E-state index contributed by atoms with van der Waals surface area (Å²) in [5.41, 5.74) is 6.88. The van der Waals surface area contributed by atoms with Crippen LogP contribution in [0.3, 0.4) is 0 Å². The molecule has 3 N–H and O–H groups in total. The monoisotopic (exact) mass is 366 g/mol. The molecule has 0 aliphatic heterocycles. The highest BCUT2D eigenvalue weighted by Crippen LogP contribution is 2.27. The number of hydrogen-bond acceptors (Lipinski definition) is 4. The van der Waals surface area contributed by atoms with Crippen LogP contribution < -0.4 is 15.8 Å². The summed E-state index contributed by atoms with van der Waals surface area (Å²) >= 11 is 4.85. The van der Waals surface area contributed by atoms with Gasteiger partial charge in [0.05, 0.1) is 18.6 Å². The molecule has 0 aliphatic carbocycles. The molecule has 21 heavy (non-hydrogen) atoms. The van der Waals surface area contributed by atoms with Gasteiger partial charge in [-0.05, 0) is 42.5 Å². The zero-order valence-electron chi connectivity index (χ0n) is 11.4. The molecule has 0 bridgehead atoms. The molecule has 0 fully saturated rings. The summed E-state index contributed by atoms with van der Waals surface area (Å²) in [5.74, 6) is 0.803. The Morgan fingerprint density at radius 3 is 2.67 bits per heavy atom. The van der Waals surface area contributed by atoms with Crippen molar-refractivity contribution in [2.24, 2.45) is 0 Å². The molecule has 0 saturated heterocycles. The van der Waals surface area contributed by atoms with E-state index in [-0.39, 0.29) is 5.91 Å².